The third kappa shape index (κ3) is 19.5. The number of sulfone groups is 2. The van der Waals surface area contributed by atoms with Crippen molar-refractivity contribution >= 4 is 30.4 Å². The van der Waals surface area contributed by atoms with Gasteiger partial charge in [0.2, 0.25) is 0 Å². The average molecular weight is 1080 g/mol. The molecule has 0 bridgehead atoms. The second-order valence-corrected chi connectivity index (χ2v) is 25.1. The first kappa shape index (κ1) is 61.8. The molecule has 0 heterocycles. The van der Waals surface area contributed by atoms with E-state index in [4.69, 9.17) is 14.2 Å². The van der Waals surface area contributed by atoms with Gasteiger partial charge in [-0.25, -0.2) is 16.8 Å². The van der Waals surface area contributed by atoms with E-state index in [9.17, 15) is 16.8 Å². The van der Waals surface area contributed by atoms with Crippen LogP contribution in [0.3, 0.4) is 0 Å². The molecule has 0 aliphatic carbocycles. The molecular formula is C68H86O7S2. The smallest absolute Gasteiger partial charge is 0.189 e. The number of hydrogen-bond acceptors (Lipinski definition) is 7. The summed E-state index contributed by atoms with van der Waals surface area (Å²) in [5, 5.41) is 0.533. The molecule has 0 aliphatic heterocycles. The predicted molar refractivity (Wildman–Crippen MR) is 323 cm³/mol. The summed E-state index contributed by atoms with van der Waals surface area (Å²) in [4.78, 5) is 0.640. The van der Waals surface area contributed by atoms with E-state index in [1.54, 1.807) is 48.5 Å². The molecule has 0 amide bonds. The lowest BCUT2D eigenvalue weighted by Crippen LogP contribution is -2.22. The van der Waals surface area contributed by atoms with Gasteiger partial charge in [-0.2, -0.15) is 0 Å². The molecule has 0 aromatic heterocycles. The first-order valence-electron chi connectivity index (χ1n) is 27.5. The molecule has 5 aromatic carbocycles. The lowest BCUT2D eigenvalue weighted by atomic mass is 9.95. The van der Waals surface area contributed by atoms with E-state index < -0.39 is 30.2 Å². The summed E-state index contributed by atoms with van der Waals surface area (Å²) in [5.74, 6) is 1.63. The van der Waals surface area contributed by atoms with Crippen LogP contribution < -0.4 is 9.47 Å². The lowest BCUT2D eigenvalue weighted by molar-refractivity contribution is 0.0228. The number of benzene rings is 5. The second-order valence-electron chi connectivity index (χ2n) is 20.8. The van der Waals surface area contributed by atoms with Gasteiger partial charge in [0.15, 0.2) is 26.5 Å². The summed E-state index contributed by atoms with van der Waals surface area (Å²) >= 11 is 0. The summed E-state index contributed by atoms with van der Waals surface area (Å²) in [5.41, 5.74) is 11.0. The molecule has 0 N–H and O–H groups in total. The highest BCUT2D eigenvalue weighted by atomic mass is 32.2. The Kier molecular flexibility index (Phi) is 25.2. The van der Waals surface area contributed by atoms with Gasteiger partial charge in [-0.15, -0.1) is 0 Å². The first-order valence-corrected chi connectivity index (χ1v) is 30.6. The van der Waals surface area contributed by atoms with Crippen molar-refractivity contribution in [1.82, 2.24) is 0 Å². The zero-order valence-corrected chi connectivity index (χ0v) is 49.4. The molecule has 0 fully saturated rings. The van der Waals surface area contributed by atoms with Crippen LogP contribution in [0.5, 0.6) is 11.5 Å². The number of allylic oxidation sites excluding steroid dienone is 12. The van der Waals surface area contributed by atoms with Gasteiger partial charge in [0.25, 0.3) is 0 Å². The minimum absolute atomic E-state index is 0.140. The van der Waals surface area contributed by atoms with Crippen molar-refractivity contribution in [2.45, 2.75) is 167 Å². The predicted octanol–water partition coefficient (Wildman–Crippen LogP) is 17.9. The molecule has 0 spiro atoms. The van der Waals surface area contributed by atoms with E-state index in [0.717, 1.165) is 99.8 Å². The monoisotopic (exact) mass is 1080 g/mol. The highest BCUT2D eigenvalue weighted by molar-refractivity contribution is 7.92. The van der Waals surface area contributed by atoms with Gasteiger partial charge in [0.1, 0.15) is 18.1 Å². The first-order chi connectivity index (χ1) is 36.9. The minimum atomic E-state index is -3.71. The molecule has 9 heteroatoms. The summed E-state index contributed by atoms with van der Waals surface area (Å²) in [6.45, 7) is 21.8. The average Bonchev–Trinajstić information content (AvgIpc) is 3.42. The Hall–Kier alpha value is -6.00. The third-order valence-corrected chi connectivity index (χ3v) is 18.4. The van der Waals surface area contributed by atoms with Crippen molar-refractivity contribution in [2.24, 2.45) is 0 Å². The fourth-order valence-corrected chi connectivity index (χ4v) is 13.0. The third-order valence-electron chi connectivity index (χ3n) is 14.1. The molecule has 412 valence electrons. The van der Waals surface area contributed by atoms with Crippen molar-refractivity contribution in [3.63, 3.8) is 0 Å². The van der Waals surface area contributed by atoms with E-state index in [1.807, 2.05) is 76.2 Å². The van der Waals surface area contributed by atoms with Gasteiger partial charge in [0.05, 0.1) is 20.3 Å². The fraction of sp³-hybridized carbons (Fsp3) is 0.382. The minimum Gasteiger partial charge on any atom is -0.488 e. The highest BCUT2D eigenvalue weighted by Crippen LogP contribution is 2.42. The van der Waals surface area contributed by atoms with Crippen molar-refractivity contribution < 1.29 is 31.0 Å². The van der Waals surface area contributed by atoms with Gasteiger partial charge in [-0.05, 0) is 175 Å². The van der Waals surface area contributed by atoms with E-state index in [-0.39, 0.29) is 6.79 Å². The lowest BCUT2D eigenvalue weighted by Gasteiger charge is -2.21. The SMILES string of the molecule is CCOCOc1c(C/C=C(\C)CC/C=C(\C)C(C/C=C(\C)CC/C=C(\C)CC(/C=C(\C)CC/C=C(\C)CCC=C(C)C)S(=O)(=O)c2ccccc2)S(=O)(=O)c2ccccc2)c(C)c(OCc2ccccc2)c2ccccc12. The summed E-state index contributed by atoms with van der Waals surface area (Å²) in [6.07, 6.45) is 23.0. The summed E-state index contributed by atoms with van der Waals surface area (Å²) in [7, 11) is -7.35. The van der Waals surface area contributed by atoms with Gasteiger partial charge >= 0.3 is 0 Å². The summed E-state index contributed by atoms with van der Waals surface area (Å²) < 4.78 is 75.6. The molecule has 7 nitrogen and oxygen atoms in total. The van der Waals surface area contributed by atoms with Crippen LogP contribution in [0.4, 0.5) is 0 Å². The van der Waals surface area contributed by atoms with Crippen LogP contribution >= 0.6 is 0 Å². The molecular weight excluding hydrogens is 993 g/mol. The van der Waals surface area contributed by atoms with Gasteiger partial charge < -0.3 is 14.2 Å². The molecule has 2 atom stereocenters. The van der Waals surface area contributed by atoms with E-state index in [0.29, 0.717) is 55.1 Å². The molecule has 0 saturated carbocycles. The van der Waals surface area contributed by atoms with Crippen LogP contribution in [0.2, 0.25) is 0 Å². The number of ether oxygens (including phenoxy) is 3. The van der Waals surface area contributed by atoms with E-state index in [2.05, 4.69) is 102 Å². The van der Waals surface area contributed by atoms with Crippen molar-refractivity contribution in [1.29, 1.82) is 0 Å². The molecule has 0 saturated heterocycles. The Morgan fingerprint density at radius 2 is 1.01 bits per heavy atom. The zero-order valence-electron chi connectivity index (χ0n) is 47.7. The maximum atomic E-state index is 14.4. The van der Waals surface area contributed by atoms with Crippen LogP contribution in [0.25, 0.3) is 10.8 Å². The maximum Gasteiger partial charge on any atom is 0.189 e. The Morgan fingerprint density at radius 3 is 1.61 bits per heavy atom. The Bertz CT molecular complexity index is 3120. The van der Waals surface area contributed by atoms with Crippen molar-refractivity contribution in [3.05, 3.63) is 213 Å². The van der Waals surface area contributed by atoms with Crippen LogP contribution in [-0.4, -0.2) is 40.7 Å². The van der Waals surface area contributed by atoms with Crippen LogP contribution in [0, 0.1) is 6.92 Å². The number of hydrogen-bond donors (Lipinski definition) is 0. The Balaban J connectivity index is 1.29. The fourth-order valence-electron chi connectivity index (χ4n) is 9.47. The largest absolute Gasteiger partial charge is 0.488 e. The molecule has 0 aliphatic rings. The van der Waals surface area contributed by atoms with Crippen molar-refractivity contribution in [3.8, 4) is 11.5 Å². The van der Waals surface area contributed by atoms with Gasteiger partial charge in [-0.1, -0.05) is 173 Å². The van der Waals surface area contributed by atoms with Crippen LogP contribution in [0.1, 0.15) is 143 Å². The number of fused-ring (bicyclic) bond motifs is 1. The standard InChI is InChI=1S/C68H86O7S2/c1-11-73-50-75-68-63(58(10)67(64-41-21-22-42-65(64)68)74-49-59-35-15-12-16-36-59)45-43-53(5)31-26-34-57(9)66(77(71,72)61-39-19-14-20-40-61)46-44-54(6)30-25-33-56(8)48-62(76(69,70)60-37-17-13-18-38-60)47-55(7)32-24-29-52(4)28-23-27-51(2)3/h12-22,27,29,33-44,47,62,66H,11,23-26,28,30-32,45-46,48-50H2,1-10H3/b52-29+,53-43+,54-44+,55-47+,56-33+,57-34+. The molecule has 5 rings (SSSR count). The molecule has 5 aromatic rings. The van der Waals surface area contributed by atoms with Crippen molar-refractivity contribution in [2.75, 3.05) is 13.4 Å². The van der Waals surface area contributed by atoms with Gasteiger partial charge in [-0.3, -0.25) is 0 Å². The second kappa shape index (κ2) is 31.4. The molecule has 2 unspecified atom stereocenters. The van der Waals surface area contributed by atoms with Crippen LogP contribution in [0.15, 0.2) is 207 Å². The summed E-state index contributed by atoms with van der Waals surface area (Å²) in [6, 6.07) is 35.9. The van der Waals surface area contributed by atoms with Gasteiger partial charge in [0, 0.05) is 22.9 Å². The number of rotatable bonds is 31. The maximum absolute atomic E-state index is 14.4. The van der Waals surface area contributed by atoms with Crippen LogP contribution in [-0.2, 0) is 37.4 Å². The molecule has 0 radical (unpaired) electrons. The quantitative estimate of drug-likeness (QED) is 0.0248. The Labute approximate surface area is 464 Å². The zero-order chi connectivity index (χ0) is 55.8. The molecule has 77 heavy (non-hydrogen) atoms. The topological polar surface area (TPSA) is 96.0 Å². The Morgan fingerprint density at radius 1 is 0.519 bits per heavy atom. The highest BCUT2D eigenvalue weighted by Gasteiger charge is 2.29. The van der Waals surface area contributed by atoms with E-state index in [1.165, 1.54) is 16.7 Å². The van der Waals surface area contributed by atoms with E-state index >= 15 is 0 Å². The normalized spacial score (nSPS) is 14.2.